The number of anilines is 8. The monoisotopic (exact) mass is 592 g/mol. The molecule has 0 saturated carbocycles. The van der Waals surface area contributed by atoms with E-state index in [2.05, 4.69) is 161 Å². The Bertz CT molecular complexity index is 1940. The second-order valence-corrected chi connectivity index (χ2v) is 13.4. The van der Waals surface area contributed by atoms with Crippen molar-refractivity contribution >= 4 is 45.5 Å². The predicted molar refractivity (Wildman–Crippen MR) is 193 cm³/mol. The minimum absolute atomic E-state index is 0.774. The van der Waals surface area contributed by atoms with Crippen LogP contribution in [0, 0.1) is 62.3 Å². The molecule has 0 fully saturated rings. The second-order valence-electron chi connectivity index (χ2n) is 13.4. The molecule has 45 heavy (non-hydrogen) atoms. The lowest BCUT2D eigenvalue weighted by Crippen LogP contribution is -2.27. The quantitative estimate of drug-likeness (QED) is 0.206. The van der Waals surface area contributed by atoms with Gasteiger partial charge in [0.05, 0.1) is 22.7 Å². The first kappa shape index (κ1) is 29.0. The maximum absolute atomic E-state index is 2.52. The summed E-state index contributed by atoms with van der Waals surface area (Å²) in [4.78, 5) is 9.99. The zero-order valence-corrected chi connectivity index (χ0v) is 28.2. The second kappa shape index (κ2) is 10.7. The van der Waals surface area contributed by atoms with Gasteiger partial charge in [-0.3, -0.25) is 0 Å². The lowest BCUT2D eigenvalue weighted by molar-refractivity contribution is 0.965. The molecule has 2 aliphatic heterocycles. The fraction of sp³-hybridized carbons (Fsp3) is 0.268. The van der Waals surface area contributed by atoms with E-state index in [9.17, 15) is 0 Å². The molecule has 228 valence electrons. The zero-order valence-electron chi connectivity index (χ0n) is 28.2. The van der Waals surface area contributed by atoms with Gasteiger partial charge in [0.1, 0.15) is 13.3 Å². The van der Waals surface area contributed by atoms with Crippen LogP contribution in [0.15, 0.2) is 78.9 Å². The van der Waals surface area contributed by atoms with Crippen molar-refractivity contribution in [3.05, 3.63) is 129 Å². The summed E-state index contributed by atoms with van der Waals surface area (Å²) in [7, 11) is 0. The first-order valence-corrected chi connectivity index (χ1v) is 16.1. The predicted octanol–water partition coefficient (Wildman–Crippen LogP) is 11.0. The maximum Gasteiger partial charge on any atom is 0.100 e. The molecule has 0 bridgehead atoms. The van der Waals surface area contributed by atoms with Gasteiger partial charge in [-0.05, 0) is 144 Å². The van der Waals surface area contributed by atoms with E-state index in [4.69, 9.17) is 0 Å². The molecule has 4 heteroatoms. The summed E-state index contributed by atoms with van der Waals surface area (Å²) in [5, 5.41) is 0. The van der Waals surface area contributed by atoms with Crippen molar-refractivity contribution in [3.8, 4) is 0 Å². The number of rotatable bonds is 4. The largest absolute Gasteiger partial charge is 0.321 e. The third kappa shape index (κ3) is 4.84. The highest BCUT2D eigenvalue weighted by molar-refractivity contribution is 5.92. The molecule has 0 unspecified atom stereocenters. The minimum atomic E-state index is 0.774. The molecule has 5 aromatic carbocycles. The van der Waals surface area contributed by atoms with Gasteiger partial charge in [-0.25, -0.2) is 0 Å². The van der Waals surface area contributed by atoms with Crippen molar-refractivity contribution in [2.45, 2.75) is 62.3 Å². The molecule has 7 rings (SSSR count). The summed E-state index contributed by atoms with van der Waals surface area (Å²) in [5.41, 5.74) is 21.9. The van der Waals surface area contributed by atoms with Gasteiger partial charge in [-0.15, -0.1) is 0 Å². The number of hydrogen-bond donors (Lipinski definition) is 0. The maximum atomic E-state index is 2.52. The standard InChI is InChI=1S/C41H44N4/c1-25-14-30(6)40(31(7)15-25)44-23-42(36-12-10-11-13-37(36)44)34-18-27(3)19-35(22-34)43-24-45(39-21-29(5)28(4)20-38(39)43)41-32(8)16-26(2)17-33(41)9/h10-22H,23-24H2,1-9H3. The fourth-order valence-corrected chi connectivity index (χ4v) is 7.80. The van der Waals surface area contributed by atoms with Crippen molar-refractivity contribution in [1.29, 1.82) is 0 Å². The van der Waals surface area contributed by atoms with Gasteiger partial charge in [-0.2, -0.15) is 0 Å². The van der Waals surface area contributed by atoms with Crippen LogP contribution in [0.25, 0.3) is 0 Å². The normalized spacial score (nSPS) is 14.0. The van der Waals surface area contributed by atoms with E-state index in [1.807, 2.05) is 0 Å². The van der Waals surface area contributed by atoms with E-state index in [0.717, 1.165) is 13.3 Å². The molecule has 0 atom stereocenters. The number of hydrogen-bond acceptors (Lipinski definition) is 4. The average Bonchev–Trinajstić information content (AvgIpc) is 3.51. The molecule has 0 aliphatic carbocycles. The van der Waals surface area contributed by atoms with Gasteiger partial charge in [0.15, 0.2) is 0 Å². The Kier molecular flexibility index (Phi) is 6.92. The average molecular weight is 593 g/mol. The van der Waals surface area contributed by atoms with Crippen LogP contribution in [0.1, 0.15) is 50.1 Å². The van der Waals surface area contributed by atoms with Crippen LogP contribution in [-0.4, -0.2) is 13.3 Å². The molecular weight excluding hydrogens is 548 g/mol. The SMILES string of the molecule is Cc1cc(N2CN(c3c(C)cc(C)cc3C)c3ccccc32)cc(N2CN(c3c(C)cc(C)cc3C)c3cc(C)c(C)cc32)c1. The fourth-order valence-electron chi connectivity index (χ4n) is 7.80. The van der Waals surface area contributed by atoms with E-state index in [1.165, 1.54) is 95.6 Å². The molecule has 4 nitrogen and oxygen atoms in total. The lowest BCUT2D eigenvalue weighted by Gasteiger charge is -2.28. The van der Waals surface area contributed by atoms with E-state index in [0.29, 0.717) is 0 Å². The first-order chi connectivity index (χ1) is 21.5. The number of aryl methyl sites for hydroxylation is 9. The van der Waals surface area contributed by atoms with Crippen LogP contribution < -0.4 is 19.6 Å². The minimum Gasteiger partial charge on any atom is -0.321 e. The molecule has 2 heterocycles. The van der Waals surface area contributed by atoms with Gasteiger partial charge in [0, 0.05) is 22.7 Å². The van der Waals surface area contributed by atoms with Crippen LogP contribution in [0.4, 0.5) is 45.5 Å². The van der Waals surface area contributed by atoms with E-state index >= 15 is 0 Å². The van der Waals surface area contributed by atoms with Crippen molar-refractivity contribution in [1.82, 2.24) is 0 Å². The Balaban J connectivity index is 1.33. The Morgan fingerprint density at radius 3 is 1.18 bits per heavy atom. The van der Waals surface area contributed by atoms with Crippen LogP contribution >= 0.6 is 0 Å². The van der Waals surface area contributed by atoms with E-state index < -0.39 is 0 Å². The third-order valence-corrected chi connectivity index (χ3v) is 9.68. The smallest absolute Gasteiger partial charge is 0.100 e. The van der Waals surface area contributed by atoms with E-state index in [-0.39, 0.29) is 0 Å². The number of para-hydroxylation sites is 2. The van der Waals surface area contributed by atoms with Crippen LogP contribution in [0.5, 0.6) is 0 Å². The third-order valence-electron chi connectivity index (χ3n) is 9.68. The molecule has 0 amide bonds. The highest BCUT2D eigenvalue weighted by Gasteiger charge is 2.33. The van der Waals surface area contributed by atoms with E-state index in [1.54, 1.807) is 0 Å². The molecule has 0 aromatic heterocycles. The number of nitrogens with zero attached hydrogens (tertiary/aromatic N) is 4. The van der Waals surface area contributed by atoms with Gasteiger partial charge in [0.2, 0.25) is 0 Å². The van der Waals surface area contributed by atoms with Crippen LogP contribution in [0.3, 0.4) is 0 Å². The summed E-state index contributed by atoms with van der Waals surface area (Å²) in [6.07, 6.45) is 0. The highest BCUT2D eigenvalue weighted by Crippen LogP contribution is 2.50. The molecule has 2 aliphatic rings. The summed E-state index contributed by atoms with van der Waals surface area (Å²) < 4.78 is 0. The lowest BCUT2D eigenvalue weighted by atomic mass is 10.0. The molecule has 0 radical (unpaired) electrons. The summed E-state index contributed by atoms with van der Waals surface area (Å²) >= 11 is 0. The van der Waals surface area contributed by atoms with Crippen molar-refractivity contribution in [3.63, 3.8) is 0 Å². The summed E-state index contributed by atoms with van der Waals surface area (Å²) in [6.45, 7) is 21.6. The molecule has 0 saturated heterocycles. The number of fused-ring (bicyclic) bond motifs is 2. The summed E-state index contributed by atoms with van der Waals surface area (Å²) in [6, 6.07) is 29.9. The number of benzene rings is 5. The molecule has 0 N–H and O–H groups in total. The van der Waals surface area contributed by atoms with Gasteiger partial charge < -0.3 is 19.6 Å². The summed E-state index contributed by atoms with van der Waals surface area (Å²) in [5.74, 6) is 0. The Morgan fingerprint density at radius 2 is 0.711 bits per heavy atom. The first-order valence-electron chi connectivity index (χ1n) is 16.1. The van der Waals surface area contributed by atoms with Crippen molar-refractivity contribution < 1.29 is 0 Å². The Morgan fingerprint density at radius 1 is 0.356 bits per heavy atom. The Labute approximate surface area is 269 Å². The molecule has 0 spiro atoms. The van der Waals surface area contributed by atoms with Gasteiger partial charge in [-0.1, -0.05) is 47.5 Å². The topological polar surface area (TPSA) is 13.0 Å². The van der Waals surface area contributed by atoms with Crippen molar-refractivity contribution in [2.24, 2.45) is 0 Å². The van der Waals surface area contributed by atoms with Gasteiger partial charge in [0.25, 0.3) is 0 Å². The zero-order chi connectivity index (χ0) is 31.7. The van der Waals surface area contributed by atoms with Crippen LogP contribution in [0.2, 0.25) is 0 Å². The molecular formula is C41H44N4. The van der Waals surface area contributed by atoms with Crippen LogP contribution in [-0.2, 0) is 0 Å². The Hall–Kier alpha value is -4.70. The van der Waals surface area contributed by atoms with Gasteiger partial charge >= 0.3 is 0 Å². The highest BCUT2D eigenvalue weighted by atomic mass is 15.4. The van der Waals surface area contributed by atoms with Crippen molar-refractivity contribution in [2.75, 3.05) is 32.9 Å². The molecule has 5 aromatic rings.